The molecule has 0 aliphatic heterocycles. The molecule has 0 unspecified atom stereocenters. The van der Waals surface area contributed by atoms with Gasteiger partial charge in [0.15, 0.2) is 0 Å². The van der Waals surface area contributed by atoms with Crippen LogP contribution in [0.4, 0.5) is 0 Å². The summed E-state index contributed by atoms with van der Waals surface area (Å²) >= 11 is 0. The van der Waals surface area contributed by atoms with Crippen molar-refractivity contribution in [3.63, 3.8) is 0 Å². The summed E-state index contributed by atoms with van der Waals surface area (Å²) in [5.41, 5.74) is 10.5. The smallest absolute Gasteiger partial charge is 0.0104 e. The van der Waals surface area contributed by atoms with E-state index in [9.17, 15) is 0 Å². The van der Waals surface area contributed by atoms with Crippen molar-refractivity contribution in [3.8, 4) is 0 Å². The third kappa shape index (κ3) is 11.4. The maximum atomic E-state index is 2.37. The van der Waals surface area contributed by atoms with E-state index in [-0.39, 0.29) is 0 Å². The van der Waals surface area contributed by atoms with Crippen molar-refractivity contribution in [2.24, 2.45) is 10.8 Å². The molecule has 0 aromatic heterocycles. The van der Waals surface area contributed by atoms with Gasteiger partial charge in [-0.25, -0.2) is 0 Å². The molecule has 0 heterocycles. The second-order valence-corrected chi connectivity index (χ2v) is 12.8. The fraction of sp³-hybridized carbons (Fsp3) is 0.436. The lowest BCUT2D eigenvalue weighted by Gasteiger charge is -2.33. The van der Waals surface area contributed by atoms with Crippen LogP contribution in [0.25, 0.3) is 0 Å². The normalized spacial score (nSPS) is 21.9. The molecule has 39 heavy (non-hydrogen) atoms. The Bertz CT molecular complexity index is 1170. The third-order valence-corrected chi connectivity index (χ3v) is 8.10. The van der Waals surface area contributed by atoms with Crippen LogP contribution in [0, 0.1) is 10.8 Å². The zero-order valence-electron chi connectivity index (χ0n) is 26.4. The first-order valence-corrected chi connectivity index (χ1v) is 14.9. The highest BCUT2D eigenvalue weighted by atomic mass is 14.3. The van der Waals surface area contributed by atoms with Gasteiger partial charge in [0.1, 0.15) is 0 Å². The van der Waals surface area contributed by atoms with Crippen LogP contribution in [0.15, 0.2) is 130 Å². The summed E-state index contributed by atoms with van der Waals surface area (Å²) in [7, 11) is 0. The molecule has 0 amide bonds. The van der Waals surface area contributed by atoms with Gasteiger partial charge in [-0.3, -0.25) is 0 Å². The first-order valence-electron chi connectivity index (χ1n) is 14.9. The molecule has 2 aliphatic carbocycles. The van der Waals surface area contributed by atoms with Crippen LogP contribution in [0.1, 0.15) is 101 Å². The maximum absolute atomic E-state index is 2.37. The number of allylic oxidation sites excluding steroid dienone is 22. The fourth-order valence-corrected chi connectivity index (χ4v) is 5.64. The van der Waals surface area contributed by atoms with E-state index in [1.165, 1.54) is 66.4 Å². The van der Waals surface area contributed by atoms with Gasteiger partial charge >= 0.3 is 0 Å². The van der Waals surface area contributed by atoms with Crippen LogP contribution in [-0.4, -0.2) is 0 Å². The predicted octanol–water partition coefficient (Wildman–Crippen LogP) is 12.2. The SMILES string of the molecule is CC1=C(/C=C/C(C)=C\C=C\C(C)=C/C=C\C=C/C=C/C=C(C)/C=C/C2=C(C)CCCC2(C)C)C(C)(C)CCC1. The van der Waals surface area contributed by atoms with E-state index >= 15 is 0 Å². The molecule has 2 aliphatic rings. The van der Waals surface area contributed by atoms with Crippen LogP contribution in [0.5, 0.6) is 0 Å². The zero-order valence-corrected chi connectivity index (χ0v) is 26.4. The van der Waals surface area contributed by atoms with E-state index in [1.54, 1.807) is 11.1 Å². The Hall–Kier alpha value is -2.86. The molecule has 0 N–H and O–H groups in total. The molecular weight excluding hydrogens is 468 g/mol. The Balaban J connectivity index is 1.83. The van der Waals surface area contributed by atoms with Gasteiger partial charge in [0.05, 0.1) is 0 Å². The standard InChI is InChI=1S/C39H54/c1-31(21-16-22-33(3)26-28-37-35(5)24-18-30-39(37,8)9)19-14-12-10-11-13-15-20-32(2)25-27-36-34(4)23-17-29-38(36,6)7/h10-16,19-22,25-28H,17-18,23-24,29-30H2,1-9H3/b11-10-,14-12-,15-13+,21-16+,27-25+,28-26+,31-19-,32-20+,33-22-. The van der Waals surface area contributed by atoms with Crippen molar-refractivity contribution >= 4 is 0 Å². The molecule has 0 nitrogen and oxygen atoms in total. The second kappa shape index (κ2) is 15.7. The van der Waals surface area contributed by atoms with Crippen molar-refractivity contribution < 1.29 is 0 Å². The lowest BCUT2D eigenvalue weighted by molar-refractivity contribution is 0.376. The summed E-state index contributed by atoms with van der Waals surface area (Å²) in [6.45, 7) is 20.5. The Morgan fingerprint density at radius 1 is 0.513 bits per heavy atom. The van der Waals surface area contributed by atoms with E-state index in [0.717, 1.165) is 0 Å². The van der Waals surface area contributed by atoms with Crippen molar-refractivity contribution in [3.05, 3.63) is 130 Å². The quantitative estimate of drug-likeness (QED) is 0.250. The van der Waals surface area contributed by atoms with Crippen molar-refractivity contribution in [2.75, 3.05) is 0 Å². The highest BCUT2D eigenvalue weighted by molar-refractivity contribution is 5.38. The zero-order chi connectivity index (χ0) is 28.9. The van der Waals surface area contributed by atoms with Crippen molar-refractivity contribution in [1.82, 2.24) is 0 Å². The van der Waals surface area contributed by atoms with E-state index in [4.69, 9.17) is 0 Å². The minimum absolute atomic E-state index is 0.293. The number of rotatable bonds is 10. The van der Waals surface area contributed by atoms with Crippen LogP contribution in [0.2, 0.25) is 0 Å². The van der Waals surface area contributed by atoms with E-state index in [2.05, 4.69) is 153 Å². The first kappa shape index (κ1) is 32.4. The molecule has 0 heteroatoms. The lowest BCUT2D eigenvalue weighted by atomic mass is 9.72. The van der Waals surface area contributed by atoms with Gasteiger partial charge in [-0.2, -0.15) is 0 Å². The van der Waals surface area contributed by atoms with Gasteiger partial charge in [0.2, 0.25) is 0 Å². The average molecular weight is 523 g/mol. The van der Waals surface area contributed by atoms with Crippen LogP contribution >= 0.6 is 0 Å². The van der Waals surface area contributed by atoms with Gasteiger partial charge in [-0.1, -0.05) is 147 Å². The monoisotopic (exact) mass is 522 g/mol. The molecule has 0 aromatic rings. The number of hydrogen-bond acceptors (Lipinski definition) is 0. The average Bonchev–Trinajstić information content (AvgIpc) is 2.84. The van der Waals surface area contributed by atoms with Gasteiger partial charge in [-0.15, -0.1) is 0 Å². The van der Waals surface area contributed by atoms with Crippen LogP contribution in [-0.2, 0) is 0 Å². The van der Waals surface area contributed by atoms with Gasteiger partial charge < -0.3 is 0 Å². The summed E-state index contributed by atoms with van der Waals surface area (Å²) in [5.74, 6) is 0. The molecule has 0 spiro atoms. The van der Waals surface area contributed by atoms with E-state index < -0.39 is 0 Å². The fourth-order valence-electron chi connectivity index (χ4n) is 5.64. The second-order valence-electron chi connectivity index (χ2n) is 12.8. The first-order chi connectivity index (χ1) is 18.4. The molecule has 0 aromatic carbocycles. The predicted molar refractivity (Wildman–Crippen MR) is 177 cm³/mol. The van der Waals surface area contributed by atoms with E-state index in [1.807, 2.05) is 0 Å². The molecule has 0 saturated heterocycles. The summed E-state index contributed by atoms with van der Waals surface area (Å²) in [6, 6.07) is 0. The Morgan fingerprint density at radius 3 is 1.28 bits per heavy atom. The molecule has 0 bridgehead atoms. The topological polar surface area (TPSA) is 0 Å². The van der Waals surface area contributed by atoms with Crippen molar-refractivity contribution in [1.29, 1.82) is 0 Å². The minimum Gasteiger partial charge on any atom is -0.0696 e. The molecule has 0 saturated carbocycles. The Labute approximate surface area is 241 Å². The maximum Gasteiger partial charge on any atom is -0.0104 e. The van der Waals surface area contributed by atoms with Gasteiger partial charge in [0, 0.05) is 0 Å². The third-order valence-electron chi connectivity index (χ3n) is 8.10. The summed E-state index contributed by atoms with van der Waals surface area (Å²) in [4.78, 5) is 0. The van der Waals surface area contributed by atoms with Gasteiger partial charge in [0.25, 0.3) is 0 Å². The van der Waals surface area contributed by atoms with E-state index in [0.29, 0.717) is 10.8 Å². The largest absolute Gasteiger partial charge is 0.0696 e. The number of hydrogen-bond donors (Lipinski definition) is 0. The Morgan fingerprint density at radius 2 is 0.872 bits per heavy atom. The highest BCUT2D eigenvalue weighted by Crippen LogP contribution is 2.41. The molecule has 210 valence electrons. The molecule has 0 atom stereocenters. The Kier molecular flexibility index (Phi) is 13.0. The minimum atomic E-state index is 0.293. The molecule has 0 fully saturated rings. The van der Waals surface area contributed by atoms with Crippen molar-refractivity contribution in [2.45, 2.75) is 101 Å². The lowest BCUT2D eigenvalue weighted by Crippen LogP contribution is -2.19. The summed E-state index contributed by atoms with van der Waals surface area (Å²) in [6.07, 6.45) is 40.1. The van der Waals surface area contributed by atoms with Crippen LogP contribution < -0.4 is 0 Å². The highest BCUT2D eigenvalue weighted by Gasteiger charge is 2.27. The summed E-state index contributed by atoms with van der Waals surface area (Å²) < 4.78 is 0. The molecule has 0 radical (unpaired) electrons. The van der Waals surface area contributed by atoms with Crippen LogP contribution in [0.3, 0.4) is 0 Å². The summed E-state index contributed by atoms with van der Waals surface area (Å²) in [5, 5.41) is 0. The molecular formula is C39H54. The molecule has 2 rings (SSSR count). The van der Waals surface area contributed by atoms with Gasteiger partial charge in [-0.05, 0) is 95.1 Å².